The zero-order valence-corrected chi connectivity index (χ0v) is 10.0. The SMILES string of the molecule is NCCCCN1CCCCNCCCC1. The summed E-state index contributed by atoms with van der Waals surface area (Å²) >= 11 is 0. The third-order valence-corrected chi connectivity index (χ3v) is 3.08. The first kappa shape index (κ1) is 12.9. The van der Waals surface area contributed by atoms with E-state index in [1.807, 2.05) is 0 Å². The summed E-state index contributed by atoms with van der Waals surface area (Å²) in [5, 5.41) is 3.49. The average Bonchev–Trinajstić information content (AvgIpc) is 2.27. The van der Waals surface area contributed by atoms with Crippen LogP contribution in [0.4, 0.5) is 0 Å². The number of hydrogen-bond donors (Lipinski definition) is 2. The first-order valence-corrected chi connectivity index (χ1v) is 6.56. The minimum absolute atomic E-state index is 0.845. The van der Waals surface area contributed by atoms with Crippen LogP contribution in [0.5, 0.6) is 0 Å². The minimum atomic E-state index is 0.845. The van der Waals surface area contributed by atoms with Crippen LogP contribution in [0.15, 0.2) is 0 Å². The Balaban J connectivity index is 2.13. The molecule has 0 unspecified atom stereocenters. The molecule has 0 amide bonds. The molecule has 0 bridgehead atoms. The van der Waals surface area contributed by atoms with Crippen LogP contribution in [0.2, 0.25) is 0 Å². The fourth-order valence-corrected chi connectivity index (χ4v) is 2.11. The molecule has 0 aliphatic carbocycles. The van der Waals surface area contributed by atoms with Crippen LogP contribution >= 0.6 is 0 Å². The van der Waals surface area contributed by atoms with E-state index in [1.165, 1.54) is 71.2 Å². The Morgan fingerprint density at radius 1 is 0.933 bits per heavy atom. The molecule has 1 rings (SSSR count). The van der Waals surface area contributed by atoms with Crippen LogP contribution in [0.3, 0.4) is 0 Å². The summed E-state index contributed by atoms with van der Waals surface area (Å²) in [5.74, 6) is 0. The summed E-state index contributed by atoms with van der Waals surface area (Å²) in [7, 11) is 0. The van der Waals surface area contributed by atoms with Gasteiger partial charge in [0, 0.05) is 0 Å². The maximum Gasteiger partial charge on any atom is -0.00183 e. The fraction of sp³-hybridized carbons (Fsp3) is 1.00. The van der Waals surface area contributed by atoms with E-state index in [-0.39, 0.29) is 0 Å². The molecular formula is C12H27N3. The Morgan fingerprint density at radius 3 is 2.20 bits per heavy atom. The number of nitrogens with two attached hydrogens (primary N) is 1. The van der Waals surface area contributed by atoms with Crippen molar-refractivity contribution in [2.75, 3.05) is 39.3 Å². The van der Waals surface area contributed by atoms with Gasteiger partial charge < -0.3 is 16.0 Å². The average molecular weight is 213 g/mol. The number of hydrogen-bond acceptors (Lipinski definition) is 3. The van der Waals surface area contributed by atoms with Gasteiger partial charge in [-0.3, -0.25) is 0 Å². The maximum absolute atomic E-state index is 5.52. The van der Waals surface area contributed by atoms with Crippen molar-refractivity contribution in [1.29, 1.82) is 0 Å². The van der Waals surface area contributed by atoms with E-state index >= 15 is 0 Å². The smallest absolute Gasteiger partial charge is 0.00183 e. The van der Waals surface area contributed by atoms with Crippen molar-refractivity contribution >= 4 is 0 Å². The number of unbranched alkanes of at least 4 members (excludes halogenated alkanes) is 1. The lowest BCUT2D eigenvalue weighted by atomic mass is 10.2. The normalized spacial score (nSPS) is 21.4. The second-order valence-corrected chi connectivity index (χ2v) is 4.50. The van der Waals surface area contributed by atoms with Gasteiger partial charge in [-0.1, -0.05) is 0 Å². The molecule has 3 heteroatoms. The highest BCUT2D eigenvalue weighted by molar-refractivity contribution is 4.62. The number of rotatable bonds is 4. The van der Waals surface area contributed by atoms with Crippen molar-refractivity contribution in [3.05, 3.63) is 0 Å². The molecule has 1 saturated heterocycles. The summed E-state index contributed by atoms with van der Waals surface area (Å²) in [6.07, 6.45) is 7.79. The molecule has 1 aliphatic rings. The quantitative estimate of drug-likeness (QED) is 0.689. The van der Waals surface area contributed by atoms with Gasteiger partial charge in [-0.25, -0.2) is 0 Å². The van der Waals surface area contributed by atoms with Crippen molar-refractivity contribution in [2.24, 2.45) is 5.73 Å². The van der Waals surface area contributed by atoms with Crippen LogP contribution in [-0.2, 0) is 0 Å². The molecule has 0 saturated carbocycles. The standard InChI is InChI=1S/C12H27N3/c13-7-1-4-10-15-11-5-2-8-14-9-3-6-12-15/h14H,1-13H2. The van der Waals surface area contributed by atoms with E-state index in [0.717, 1.165) is 6.54 Å². The van der Waals surface area contributed by atoms with Crippen LogP contribution in [-0.4, -0.2) is 44.2 Å². The summed E-state index contributed by atoms with van der Waals surface area (Å²) in [6.45, 7) is 7.08. The van der Waals surface area contributed by atoms with Crippen molar-refractivity contribution < 1.29 is 0 Å². The van der Waals surface area contributed by atoms with Crippen molar-refractivity contribution in [2.45, 2.75) is 38.5 Å². The topological polar surface area (TPSA) is 41.3 Å². The summed E-state index contributed by atoms with van der Waals surface area (Å²) in [6, 6.07) is 0. The molecule has 0 aromatic carbocycles. The van der Waals surface area contributed by atoms with Crippen molar-refractivity contribution in [3.63, 3.8) is 0 Å². The van der Waals surface area contributed by atoms with Gasteiger partial charge in [-0.2, -0.15) is 0 Å². The zero-order chi connectivity index (χ0) is 10.8. The summed E-state index contributed by atoms with van der Waals surface area (Å²) in [5.41, 5.74) is 5.52. The van der Waals surface area contributed by atoms with Gasteiger partial charge in [0.1, 0.15) is 0 Å². The largest absolute Gasteiger partial charge is 0.330 e. The highest BCUT2D eigenvalue weighted by Gasteiger charge is 2.05. The van der Waals surface area contributed by atoms with Gasteiger partial charge >= 0.3 is 0 Å². The third-order valence-electron chi connectivity index (χ3n) is 3.08. The van der Waals surface area contributed by atoms with Gasteiger partial charge in [0.25, 0.3) is 0 Å². The third kappa shape index (κ3) is 6.88. The molecule has 15 heavy (non-hydrogen) atoms. The molecule has 0 spiro atoms. The molecule has 3 nitrogen and oxygen atoms in total. The minimum Gasteiger partial charge on any atom is -0.330 e. The van der Waals surface area contributed by atoms with Gasteiger partial charge in [-0.15, -0.1) is 0 Å². The van der Waals surface area contributed by atoms with Gasteiger partial charge in [0.05, 0.1) is 0 Å². The summed E-state index contributed by atoms with van der Waals surface area (Å²) in [4.78, 5) is 2.63. The van der Waals surface area contributed by atoms with E-state index in [2.05, 4.69) is 10.2 Å². The Labute approximate surface area is 94.4 Å². The second-order valence-electron chi connectivity index (χ2n) is 4.50. The molecular weight excluding hydrogens is 186 g/mol. The molecule has 3 N–H and O–H groups in total. The van der Waals surface area contributed by atoms with E-state index in [9.17, 15) is 0 Å². The Morgan fingerprint density at radius 2 is 1.60 bits per heavy atom. The van der Waals surface area contributed by atoms with Gasteiger partial charge in [-0.05, 0) is 77.8 Å². The monoisotopic (exact) mass is 213 g/mol. The molecule has 0 radical (unpaired) electrons. The maximum atomic E-state index is 5.52. The number of nitrogens with one attached hydrogen (secondary N) is 1. The molecule has 0 aromatic heterocycles. The number of nitrogens with zero attached hydrogens (tertiary/aromatic N) is 1. The zero-order valence-electron chi connectivity index (χ0n) is 10.0. The van der Waals surface area contributed by atoms with Crippen molar-refractivity contribution in [3.8, 4) is 0 Å². The van der Waals surface area contributed by atoms with Crippen LogP contribution in [0.25, 0.3) is 0 Å². The molecule has 1 heterocycles. The highest BCUT2D eigenvalue weighted by atomic mass is 15.1. The predicted molar refractivity (Wildman–Crippen MR) is 66.1 cm³/mol. The Hall–Kier alpha value is -0.120. The first-order chi connectivity index (χ1) is 7.43. The molecule has 1 aliphatic heterocycles. The van der Waals surface area contributed by atoms with Gasteiger partial charge in [0.2, 0.25) is 0 Å². The Kier molecular flexibility index (Phi) is 7.88. The summed E-state index contributed by atoms with van der Waals surface area (Å²) < 4.78 is 0. The fourth-order valence-electron chi connectivity index (χ4n) is 2.11. The van der Waals surface area contributed by atoms with E-state index < -0.39 is 0 Å². The lowest BCUT2D eigenvalue weighted by Gasteiger charge is -2.23. The van der Waals surface area contributed by atoms with Crippen LogP contribution in [0.1, 0.15) is 38.5 Å². The first-order valence-electron chi connectivity index (χ1n) is 6.56. The molecule has 0 atom stereocenters. The lowest BCUT2D eigenvalue weighted by molar-refractivity contribution is 0.253. The van der Waals surface area contributed by atoms with Crippen LogP contribution < -0.4 is 11.1 Å². The molecule has 0 aromatic rings. The van der Waals surface area contributed by atoms with Gasteiger partial charge in [0.15, 0.2) is 0 Å². The van der Waals surface area contributed by atoms with E-state index in [1.54, 1.807) is 0 Å². The Bertz CT molecular complexity index is 126. The molecule has 90 valence electrons. The van der Waals surface area contributed by atoms with Crippen LogP contribution in [0, 0.1) is 0 Å². The highest BCUT2D eigenvalue weighted by Crippen LogP contribution is 2.03. The van der Waals surface area contributed by atoms with E-state index in [4.69, 9.17) is 5.73 Å². The second kappa shape index (κ2) is 9.13. The van der Waals surface area contributed by atoms with Crippen molar-refractivity contribution in [1.82, 2.24) is 10.2 Å². The predicted octanol–water partition coefficient (Wildman–Crippen LogP) is 1.19. The molecule has 1 fully saturated rings. The van der Waals surface area contributed by atoms with E-state index in [0.29, 0.717) is 0 Å². The lowest BCUT2D eigenvalue weighted by Crippen LogP contribution is -2.30.